The van der Waals surface area contributed by atoms with E-state index >= 15 is 0 Å². The van der Waals surface area contributed by atoms with Crippen LogP contribution in [0.5, 0.6) is 0 Å². The standard InChI is InChI=1S/C11H7Cl2NO2/c12-7-3-1-6(2-4-7)9-5-8(11(15)16)10(13)14-9/h1-5,14H,(H,15,16). The second-order valence-electron chi connectivity index (χ2n) is 3.22. The molecule has 2 aromatic rings. The van der Waals surface area contributed by atoms with Crippen molar-refractivity contribution in [3.63, 3.8) is 0 Å². The second-order valence-corrected chi connectivity index (χ2v) is 4.04. The quantitative estimate of drug-likeness (QED) is 0.860. The Morgan fingerprint density at radius 3 is 2.31 bits per heavy atom. The van der Waals surface area contributed by atoms with Crippen molar-refractivity contribution in [2.45, 2.75) is 0 Å². The molecule has 0 aliphatic carbocycles. The monoisotopic (exact) mass is 255 g/mol. The van der Waals surface area contributed by atoms with E-state index in [0.29, 0.717) is 10.7 Å². The predicted octanol–water partition coefficient (Wildman–Crippen LogP) is 3.69. The van der Waals surface area contributed by atoms with Gasteiger partial charge in [-0.25, -0.2) is 4.79 Å². The number of H-pyrrole nitrogens is 1. The fourth-order valence-corrected chi connectivity index (χ4v) is 1.73. The molecule has 82 valence electrons. The Kier molecular flexibility index (Phi) is 2.90. The third kappa shape index (κ3) is 2.05. The molecule has 5 heteroatoms. The van der Waals surface area contributed by atoms with Crippen LogP contribution in [-0.4, -0.2) is 16.1 Å². The van der Waals surface area contributed by atoms with Gasteiger partial charge in [0.25, 0.3) is 0 Å². The number of carboxylic acid groups (broad SMARTS) is 1. The number of aromatic carboxylic acids is 1. The fourth-order valence-electron chi connectivity index (χ4n) is 1.37. The van der Waals surface area contributed by atoms with Gasteiger partial charge in [-0.2, -0.15) is 0 Å². The van der Waals surface area contributed by atoms with Crippen molar-refractivity contribution < 1.29 is 9.90 Å². The number of hydrogen-bond donors (Lipinski definition) is 2. The first-order valence-electron chi connectivity index (χ1n) is 4.45. The van der Waals surface area contributed by atoms with E-state index in [0.717, 1.165) is 5.56 Å². The average molecular weight is 256 g/mol. The molecule has 1 aromatic heterocycles. The van der Waals surface area contributed by atoms with Gasteiger partial charge >= 0.3 is 5.97 Å². The molecule has 1 aromatic carbocycles. The number of carbonyl (C=O) groups is 1. The molecular weight excluding hydrogens is 249 g/mol. The maximum Gasteiger partial charge on any atom is 0.338 e. The van der Waals surface area contributed by atoms with Crippen molar-refractivity contribution >= 4 is 29.2 Å². The van der Waals surface area contributed by atoms with Gasteiger partial charge in [-0.1, -0.05) is 35.3 Å². The van der Waals surface area contributed by atoms with Gasteiger partial charge in [-0.15, -0.1) is 0 Å². The lowest BCUT2D eigenvalue weighted by Crippen LogP contribution is -1.93. The van der Waals surface area contributed by atoms with Gasteiger partial charge < -0.3 is 10.1 Å². The summed E-state index contributed by atoms with van der Waals surface area (Å²) in [6, 6.07) is 8.53. The number of aromatic nitrogens is 1. The van der Waals surface area contributed by atoms with Crippen LogP contribution in [0.4, 0.5) is 0 Å². The minimum atomic E-state index is -1.05. The van der Waals surface area contributed by atoms with E-state index in [1.54, 1.807) is 24.3 Å². The molecule has 16 heavy (non-hydrogen) atoms. The molecule has 2 N–H and O–H groups in total. The van der Waals surface area contributed by atoms with E-state index in [2.05, 4.69) is 4.98 Å². The Hall–Kier alpha value is -1.45. The molecule has 0 spiro atoms. The first-order valence-corrected chi connectivity index (χ1v) is 5.21. The summed E-state index contributed by atoms with van der Waals surface area (Å²) in [5.41, 5.74) is 1.55. The van der Waals surface area contributed by atoms with Crippen LogP contribution in [0.25, 0.3) is 11.3 Å². The normalized spacial score (nSPS) is 10.4. The van der Waals surface area contributed by atoms with Crippen molar-refractivity contribution in [3.8, 4) is 11.3 Å². The number of benzene rings is 1. The highest BCUT2D eigenvalue weighted by atomic mass is 35.5. The molecule has 2 rings (SSSR count). The van der Waals surface area contributed by atoms with Crippen LogP contribution in [0.1, 0.15) is 10.4 Å². The zero-order valence-corrected chi connectivity index (χ0v) is 9.51. The Labute approximate surface area is 102 Å². The average Bonchev–Trinajstić information content (AvgIpc) is 2.61. The second kappa shape index (κ2) is 4.20. The highest BCUT2D eigenvalue weighted by Gasteiger charge is 2.13. The van der Waals surface area contributed by atoms with E-state index in [1.807, 2.05) is 0 Å². The molecule has 0 atom stereocenters. The number of carboxylic acids is 1. The van der Waals surface area contributed by atoms with Crippen molar-refractivity contribution in [1.82, 2.24) is 4.98 Å². The summed E-state index contributed by atoms with van der Waals surface area (Å²) < 4.78 is 0. The van der Waals surface area contributed by atoms with Crippen molar-refractivity contribution in [1.29, 1.82) is 0 Å². The molecular formula is C11H7Cl2NO2. The van der Waals surface area contributed by atoms with Crippen molar-refractivity contribution in [2.24, 2.45) is 0 Å². The summed E-state index contributed by atoms with van der Waals surface area (Å²) in [6.45, 7) is 0. The minimum Gasteiger partial charge on any atom is -0.478 e. The first kappa shape index (κ1) is 11.0. The lowest BCUT2D eigenvalue weighted by Gasteiger charge is -1.96. The maximum absolute atomic E-state index is 10.8. The van der Waals surface area contributed by atoms with Crippen LogP contribution in [0.15, 0.2) is 30.3 Å². The number of halogens is 2. The van der Waals surface area contributed by atoms with Gasteiger partial charge in [0.15, 0.2) is 0 Å². The van der Waals surface area contributed by atoms with Gasteiger partial charge in [0, 0.05) is 10.7 Å². The number of aromatic amines is 1. The van der Waals surface area contributed by atoms with E-state index in [4.69, 9.17) is 28.3 Å². The minimum absolute atomic E-state index is 0.0617. The topological polar surface area (TPSA) is 53.1 Å². The lowest BCUT2D eigenvalue weighted by molar-refractivity contribution is 0.0697. The van der Waals surface area contributed by atoms with Gasteiger partial charge in [-0.3, -0.25) is 0 Å². The molecule has 0 unspecified atom stereocenters. The summed E-state index contributed by atoms with van der Waals surface area (Å²) in [4.78, 5) is 13.6. The summed E-state index contributed by atoms with van der Waals surface area (Å²) in [7, 11) is 0. The van der Waals surface area contributed by atoms with E-state index < -0.39 is 5.97 Å². The summed E-state index contributed by atoms with van der Waals surface area (Å²) in [6.07, 6.45) is 0. The molecule has 0 radical (unpaired) electrons. The molecule has 0 saturated heterocycles. The van der Waals surface area contributed by atoms with Crippen LogP contribution in [-0.2, 0) is 0 Å². The predicted molar refractivity (Wildman–Crippen MR) is 63.2 cm³/mol. The van der Waals surface area contributed by atoms with Crippen molar-refractivity contribution in [3.05, 3.63) is 46.1 Å². The first-order chi connectivity index (χ1) is 7.58. The van der Waals surface area contributed by atoms with Gasteiger partial charge in [0.2, 0.25) is 0 Å². The third-order valence-electron chi connectivity index (χ3n) is 2.16. The van der Waals surface area contributed by atoms with Crippen LogP contribution in [0.3, 0.4) is 0 Å². The molecule has 0 saturated carbocycles. The molecule has 0 bridgehead atoms. The van der Waals surface area contributed by atoms with Crippen LogP contribution < -0.4 is 0 Å². The zero-order valence-electron chi connectivity index (χ0n) is 8.00. The Morgan fingerprint density at radius 1 is 1.19 bits per heavy atom. The molecule has 0 amide bonds. The smallest absolute Gasteiger partial charge is 0.338 e. The van der Waals surface area contributed by atoms with E-state index in [-0.39, 0.29) is 10.7 Å². The van der Waals surface area contributed by atoms with Crippen molar-refractivity contribution in [2.75, 3.05) is 0 Å². The van der Waals surface area contributed by atoms with Crippen LogP contribution >= 0.6 is 23.2 Å². The highest BCUT2D eigenvalue weighted by molar-refractivity contribution is 6.32. The Balaban J connectivity index is 2.45. The molecule has 0 aliphatic rings. The highest BCUT2D eigenvalue weighted by Crippen LogP contribution is 2.25. The summed E-state index contributed by atoms with van der Waals surface area (Å²) >= 11 is 11.5. The summed E-state index contributed by atoms with van der Waals surface area (Å²) in [5, 5.41) is 9.59. The van der Waals surface area contributed by atoms with Crippen LogP contribution in [0, 0.1) is 0 Å². The molecule has 3 nitrogen and oxygen atoms in total. The molecule has 1 heterocycles. The van der Waals surface area contributed by atoms with E-state index in [9.17, 15) is 4.79 Å². The van der Waals surface area contributed by atoms with Gasteiger partial charge in [-0.05, 0) is 23.8 Å². The van der Waals surface area contributed by atoms with Gasteiger partial charge in [0.05, 0.1) is 5.56 Å². The maximum atomic E-state index is 10.8. The molecule has 0 fully saturated rings. The third-order valence-corrected chi connectivity index (χ3v) is 2.71. The number of rotatable bonds is 2. The SMILES string of the molecule is O=C(O)c1cc(-c2ccc(Cl)cc2)[nH]c1Cl. The Morgan fingerprint density at radius 2 is 1.81 bits per heavy atom. The number of nitrogens with one attached hydrogen (secondary N) is 1. The summed E-state index contributed by atoms with van der Waals surface area (Å²) in [5.74, 6) is -1.05. The zero-order chi connectivity index (χ0) is 11.7. The van der Waals surface area contributed by atoms with Crippen LogP contribution in [0.2, 0.25) is 10.2 Å². The largest absolute Gasteiger partial charge is 0.478 e. The lowest BCUT2D eigenvalue weighted by atomic mass is 10.1. The van der Waals surface area contributed by atoms with Gasteiger partial charge in [0.1, 0.15) is 5.15 Å². The fraction of sp³-hybridized carbons (Fsp3) is 0. The Bertz CT molecular complexity index is 531. The number of hydrogen-bond acceptors (Lipinski definition) is 1. The van der Waals surface area contributed by atoms with E-state index in [1.165, 1.54) is 6.07 Å². The molecule has 0 aliphatic heterocycles.